The maximum Gasteiger partial charge on any atom is 0.254 e. The fourth-order valence-electron chi connectivity index (χ4n) is 4.39. The number of nitrogens with one attached hydrogen (secondary N) is 1. The smallest absolute Gasteiger partial charge is 0.254 e. The Hall–Kier alpha value is -1.85. The van der Waals surface area contributed by atoms with Crippen LogP contribution in [0.15, 0.2) is 30.5 Å². The predicted octanol–water partition coefficient (Wildman–Crippen LogP) is 2.56. The first-order chi connectivity index (χ1) is 11.7. The van der Waals surface area contributed by atoms with Gasteiger partial charge in [-0.25, -0.2) is 0 Å². The van der Waals surface area contributed by atoms with Crippen molar-refractivity contribution in [2.75, 3.05) is 19.7 Å². The summed E-state index contributed by atoms with van der Waals surface area (Å²) in [7, 11) is 0. The second-order valence-electron chi connectivity index (χ2n) is 6.97. The lowest BCUT2D eigenvalue weighted by Gasteiger charge is -2.56. The van der Waals surface area contributed by atoms with Crippen LogP contribution in [0.2, 0.25) is 0 Å². The average molecular weight is 328 g/mol. The van der Waals surface area contributed by atoms with E-state index in [2.05, 4.69) is 4.98 Å². The molecule has 5 heteroatoms. The highest BCUT2D eigenvalue weighted by Gasteiger charge is 2.56. The molecule has 2 fully saturated rings. The normalized spacial score (nSPS) is 25.8. The van der Waals surface area contributed by atoms with E-state index in [1.807, 2.05) is 42.3 Å². The molecule has 1 aromatic heterocycles. The second-order valence-corrected chi connectivity index (χ2v) is 6.97. The molecule has 2 atom stereocenters. The molecule has 0 bridgehead atoms. The maximum atomic E-state index is 12.9. The number of H-pyrrole nitrogens is 1. The molecule has 1 spiro atoms. The summed E-state index contributed by atoms with van der Waals surface area (Å²) in [6.07, 6.45) is 4.07. The SMILES string of the molecule is CCO[C@@H]1C[C@@H](O)C12CCN(C(=O)c1cccc3[nH]ccc13)CC2. The number of carbonyl (C=O) groups is 1. The number of piperidine rings is 1. The molecule has 0 unspecified atom stereocenters. The van der Waals surface area contributed by atoms with Gasteiger partial charge in [-0.05, 0) is 38.0 Å². The summed E-state index contributed by atoms with van der Waals surface area (Å²) in [4.78, 5) is 18.0. The van der Waals surface area contributed by atoms with Crippen LogP contribution in [-0.4, -0.2) is 52.8 Å². The highest BCUT2D eigenvalue weighted by Crippen LogP contribution is 2.51. The van der Waals surface area contributed by atoms with Crippen LogP contribution >= 0.6 is 0 Å². The molecule has 1 aliphatic heterocycles. The number of aliphatic hydroxyl groups is 1. The standard InChI is InChI=1S/C19H24N2O3/c1-2-24-17-12-16(22)19(17)7-10-21(11-8-19)18(23)14-4-3-5-15-13(14)6-9-20-15/h3-6,9,16-17,20,22H,2,7-8,10-12H2,1H3/t16-,17-/m1/s1. The van der Waals surface area contributed by atoms with Gasteiger partial charge in [0, 0.05) is 54.2 Å². The van der Waals surface area contributed by atoms with Gasteiger partial charge in [0.1, 0.15) is 0 Å². The van der Waals surface area contributed by atoms with Crippen molar-refractivity contribution in [2.45, 2.75) is 38.4 Å². The van der Waals surface area contributed by atoms with Gasteiger partial charge in [0.25, 0.3) is 5.91 Å². The number of hydrogen-bond donors (Lipinski definition) is 2. The minimum Gasteiger partial charge on any atom is -0.392 e. The summed E-state index contributed by atoms with van der Waals surface area (Å²) in [5.74, 6) is 0.0804. The number of rotatable bonds is 3. The second kappa shape index (κ2) is 5.90. The van der Waals surface area contributed by atoms with Crippen LogP contribution in [0.3, 0.4) is 0 Å². The van der Waals surface area contributed by atoms with Crippen LogP contribution in [0.1, 0.15) is 36.5 Å². The third-order valence-electron chi connectivity index (χ3n) is 5.92. The van der Waals surface area contributed by atoms with Gasteiger partial charge in [0.15, 0.2) is 0 Å². The molecule has 1 saturated carbocycles. The van der Waals surface area contributed by atoms with E-state index in [0.717, 1.165) is 35.7 Å². The Labute approximate surface area is 141 Å². The van der Waals surface area contributed by atoms with Crippen molar-refractivity contribution in [2.24, 2.45) is 5.41 Å². The van der Waals surface area contributed by atoms with Crippen molar-refractivity contribution in [3.05, 3.63) is 36.0 Å². The van der Waals surface area contributed by atoms with E-state index in [4.69, 9.17) is 4.74 Å². The number of benzene rings is 1. The third kappa shape index (κ3) is 2.26. The minimum atomic E-state index is -0.292. The van der Waals surface area contributed by atoms with Crippen molar-refractivity contribution in [1.29, 1.82) is 0 Å². The van der Waals surface area contributed by atoms with Crippen LogP contribution in [0.25, 0.3) is 10.9 Å². The molecule has 1 saturated heterocycles. The lowest BCUT2D eigenvalue weighted by molar-refractivity contribution is -0.207. The number of aliphatic hydroxyl groups excluding tert-OH is 1. The number of nitrogens with zero attached hydrogens (tertiary/aromatic N) is 1. The van der Waals surface area contributed by atoms with Crippen molar-refractivity contribution >= 4 is 16.8 Å². The van der Waals surface area contributed by atoms with Crippen molar-refractivity contribution < 1.29 is 14.6 Å². The van der Waals surface area contributed by atoms with Gasteiger partial charge in [-0.1, -0.05) is 6.07 Å². The Morgan fingerprint density at radius 2 is 2.17 bits per heavy atom. The van der Waals surface area contributed by atoms with Crippen molar-refractivity contribution in [1.82, 2.24) is 9.88 Å². The van der Waals surface area contributed by atoms with Gasteiger partial charge in [-0.15, -0.1) is 0 Å². The average Bonchev–Trinajstić information content (AvgIpc) is 3.10. The van der Waals surface area contributed by atoms with Gasteiger partial charge in [-0.3, -0.25) is 4.79 Å². The van der Waals surface area contributed by atoms with E-state index < -0.39 is 0 Å². The summed E-state index contributed by atoms with van der Waals surface area (Å²) >= 11 is 0. The summed E-state index contributed by atoms with van der Waals surface area (Å²) in [5.41, 5.74) is 1.59. The van der Waals surface area contributed by atoms with Crippen LogP contribution in [-0.2, 0) is 4.74 Å². The van der Waals surface area contributed by atoms with E-state index in [-0.39, 0.29) is 23.5 Å². The zero-order valence-corrected chi connectivity index (χ0v) is 14.0. The lowest BCUT2D eigenvalue weighted by Crippen LogP contribution is -2.62. The first kappa shape index (κ1) is 15.7. The number of fused-ring (bicyclic) bond motifs is 1. The number of aromatic nitrogens is 1. The maximum absolute atomic E-state index is 12.9. The Bertz CT molecular complexity index is 744. The molecule has 2 aromatic rings. The summed E-state index contributed by atoms with van der Waals surface area (Å²) in [5, 5.41) is 11.3. The van der Waals surface area contributed by atoms with Gasteiger partial charge >= 0.3 is 0 Å². The van der Waals surface area contributed by atoms with E-state index in [1.54, 1.807) is 0 Å². The molecule has 2 heterocycles. The van der Waals surface area contributed by atoms with Gasteiger partial charge < -0.3 is 19.7 Å². The van der Waals surface area contributed by atoms with Gasteiger partial charge in [0.2, 0.25) is 0 Å². The number of likely N-dealkylation sites (tertiary alicyclic amines) is 1. The molecule has 24 heavy (non-hydrogen) atoms. The van der Waals surface area contributed by atoms with Crippen LogP contribution in [0.5, 0.6) is 0 Å². The molecule has 5 nitrogen and oxygen atoms in total. The van der Waals surface area contributed by atoms with Crippen LogP contribution in [0, 0.1) is 5.41 Å². The molecule has 0 radical (unpaired) electrons. The zero-order valence-electron chi connectivity index (χ0n) is 14.0. The van der Waals surface area contributed by atoms with E-state index in [0.29, 0.717) is 19.7 Å². The van der Waals surface area contributed by atoms with Crippen molar-refractivity contribution in [3.8, 4) is 0 Å². The molecular weight excluding hydrogens is 304 g/mol. The summed E-state index contributed by atoms with van der Waals surface area (Å²) in [6.45, 7) is 4.03. The summed E-state index contributed by atoms with van der Waals surface area (Å²) < 4.78 is 5.80. The van der Waals surface area contributed by atoms with Gasteiger partial charge in [0.05, 0.1) is 12.2 Å². The Balaban J connectivity index is 1.50. The van der Waals surface area contributed by atoms with Crippen LogP contribution in [0.4, 0.5) is 0 Å². The first-order valence-corrected chi connectivity index (χ1v) is 8.81. The predicted molar refractivity (Wildman–Crippen MR) is 91.9 cm³/mol. The van der Waals surface area contributed by atoms with E-state index >= 15 is 0 Å². The fourth-order valence-corrected chi connectivity index (χ4v) is 4.39. The molecule has 2 aliphatic rings. The Morgan fingerprint density at radius 1 is 1.38 bits per heavy atom. The molecule has 1 aromatic carbocycles. The number of ether oxygens (including phenoxy) is 1. The lowest BCUT2D eigenvalue weighted by atomic mass is 9.58. The first-order valence-electron chi connectivity index (χ1n) is 8.81. The number of hydrogen-bond acceptors (Lipinski definition) is 3. The van der Waals surface area contributed by atoms with Crippen LogP contribution < -0.4 is 0 Å². The molecule has 1 amide bonds. The fraction of sp³-hybridized carbons (Fsp3) is 0.526. The molecule has 2 N–H and O–H groups in total. The number of carbonyl (C=O) groups excluding carboxylic acids is 1. The zero-order chi connectivity index (χ0) is 16.7. The minimum absolute atomic E-state index is 0.0804. The Kier molecular flexibility index (Phi) is 3.85. The highest BCUT2D eigenvalue weighted by atomic mass is 16.5. The monoisotopic (exact) mass is 328 g/mol. The van der Waals surface area contributed by atoms with Crippen molar-refractivity contribution in [3.63, 3.8) is 0 Å². The molecule has 128 valence electrons. The van der Waals surface area contributed by atoms with E-state index in [9.17, 15) is 9.90 Å². The largest absolute Gasteiger partial charge is 0.392 e. The quantitative estimate of drug-likeness (QED) is 0.910. The molecular formula is C19H24N2O3. The number of amides is 1. The topological polar surface area (TPSA) is 65.6 Å². The number of aromatic amines is 1. The Morgan fingerprint density at radius 3 is 2.88 bits per heavy atom. The van der Waals surface area contributed by atoms with E-state index in [1.165, 1.54) is 0 Å². The third-order valence-corrected chi connectivity index (χ3v) is 5.92. The van der Waals surface area contributed by atoms with Gasteiger partial charge in [-0.2, -0.15) is 0 Å². The summed E-state index contributed by atoms with van der Waals surface area (Å²) in [6, 6.07) is 7.74. The highest BCUT2D eigenvalue weighted by molar-refractivity contribution is 6.06. The molecule has 4 rings (SSSR count). The molecule has 1 aliphatic carbocycles.